The van der Waals surface area contributed by atoms with E-state index < -0.39 is 0 Å². The summed E-state index contributed by atoms with van der Waals surface area (Å²) in [5.41, 5.74) is 1.13. The molecule has 0 amide bonds. The lowest BCUT2D eigenvalue weighted by Crippen LogP contribution is -1.92. The highest BCUT2D eigenvalue weighted by Gasteiger charge is 2.03. The van der Waals surface area contributed by atoms with Crippen molar-refractivity contribution < 1.29 is 0 Å². The van der Waals surface area contributed by atoms with Gasteiger partial charge in [-0.15, -0.1) is 0 Å². The summed E-state index contributed by atoms with van der Waals surface area (Å²) in [6, 6.07) is 7.75. The Morgan fingerprint density at radius 3 is 3.00 bits per heavy atom. The highest BCUT2D eigenvalue weighted by atomic mass is 35.5. The molecule has 1 N–H and O–H groups in total. The van der Waals surface area contributed by atoms with Gasteiger partial charge in [-0.3, -0.25) is 0 Å². The minimum atomic E-state index is 0.721. The summed E-state index contributed by atoms with van der Waals surface area (Å²) < 4.78 is 4.24. The summed E-state index contributed by atoms with van der Waals surface area (Å²) in [6.07, 6.45) is 0.721. The van der Waals surface area contributed by atoms with Crippen molar-refractivity contribution in [2.75, 3.05) is 12.4 Å². The quantitative estimate of drug-likeness (QED) is 0.895. The molecule has 0 saturated heterocycles. The molecule has 3 nitrogen and oxygen atoms in total. The summed E-state index contributed by atoms with van der Waals surface area (Å²) in [5, 5.41) is 4.55. The number of nitrogens with zero attached hydrogens (tertiary/aromatic N) is 2. The van der Waals surface area contributed by atoms with Gasteiger partial charge in [0.05, 0.1) is 0 Å². The molecular weight excluding hydrogens is 230 g/mol. The van der Waals surface area contributed by atoms with Gasteiger partial charge in [-0.2, -0.15) is 4.37 Å². The molecule has 2 rings (SSSR count). The Kier molecular flexibility index (Phi) is 3.18. The molecule has 1 aromatic carbocycles. The second-order valence-corrected chi connectivity index (χ2v) is 4.26. The predicted molar refractivity (Wildman–Crippen MR) is 63.7 cm³/mol. The number of anilines is 1. The molecule has 0 radical (unpaired) electrons. The maximum atomic E-state index is 5.89. The van der Waals surface area contributed by atoms with Gasteiger partial charge >= 0.3 is 0 Å². The number of rotatable bonds is 3. The molecule has 1 heterocycles. The van der Waals surface area contributed by atoms with Crippen LogP contribution < -0.4 is 5.32 Å². The summed E-state index contributed by atoms with van der Waals surface area (Å²) in [5.74, 6) is 0.826. The maximum Gasteiger partial charge on any atom is 0.202 e. The number of hydrogen-bond acceptors (Lipinski definition) is 4. The summed E-state index contributed by atoms with van der Waals surface area (Å²) in [4.78, 5) is 4.31. The summed E-state index contributed by atoms with van der Waals surface area (Å²) in [6.45, 7) is 0. The van der Waals surface area contributed by atoms with Crippen LogP contribution in [0, 0.1) is 0 Å². The monoisotopic (exact) mass is 239 g/mol. The van der Waals surface area contributed by atoms with E-state index >= 15 is 0 Å². The Labute approximate surface area is 97.3 Å². The van der Waals surface area contributed by atoms with Crippen LogP contribution in [0.25, 0.3) is 0 Å². The minimum absolute atomic E-state index is 0.721. The van der Waals surface area contributed by atoms with Gasteiger partial charge < -0.3 is 5.32 Å². The van der Waals surface area contributed by atoms with Crippen molar-refractivity contribution in [2.45, 2.75) is 6.42 Å². The van der Waals surface area contributed by atoms with E-state index in [2.05, 4.69) is 14.7 Å². The fourth-order valence-corrected chi connectivity index (χ4v) is 2.00. The van der Waals surface area contributed by atoms with Crippen LogP contribution in [-0.4, -0.2) is 16.4 Å². The minimum Gasteiger partial charge on any atom is -0.363 e. The van der Waals surface area contributed by atoms with E-state index in [1.165, 1.54) is 11.5 Å². The first-order valence-corrected chi connectivity index (χ1v) is 5.68. The Bertz CT molecular complexity index is 455. The van der Waals surface area contributed by atoms with Crippen molar-refractivity contribution in [1.82, 2.24) is 9.36 Å². The molecule has 0 fully saturated rings. The lowest BCUT2D eigenvalue weighted by molar-refractivity contribution is 1.04. The molecule has 2 aromatic rings. The van der Waals surface area contributed by atoms with Crippen LogP contribution in [0.1, 0.15) is 11.4 Å². The molecule has 1 aromatic heterocycles. The number of hydrogen-bond donors (Lipinski definition) is 1. The molecule has 0 aliphatic heterocycles. The normalized spacial score (nSPS) is 10.3. The van der Waals surface area contributed by atoms with Crippen LogP contribution in [0.3, 0.4) is 0 Å². The van der Waals surface area contributed by atoms with Crippen LogP contribution in [0.15, 0.2) is 24.3 Å². The third-order valence-corrected chi connectivity index (χ3v) is 2.94. The molecular formula is C10H10ClN3S. The standard InChI is InChI=1S/C10H10ClN3S/c1-12-10-13-9(14-15-10)6-7-3-2-4-8(11)5-7/h2-5H,6H2,1H3,(H,12,13,14). The maximum absolute atomic E-state index is 5.89. The van der Waals surface area contributed by atoms with Gasteiger partial charge in [-0.1, -0.05) is 23.7 Å². The molecule has 0 aliphatic rings. The first kappa shape index (κ1) is 10.4. The van der Waals surface area contributed by atoms with Gasteiger partial charge in [0.25, 0.3) is 0 Å². The molecule has 0 spiro atoms. The van der Waals surface area contributed by atoms with Crippen LogP contribution in [-0.2, 0) is 6.42 Å². The van der Waals surface area contributed by atoms with Crippen molar-refractivity contribution in [3.05, 3.63) is 40.7 Å². The van der Waals surface area contributed by atoms with E-state index in [-0.39, 0.29) is 0 Å². The zero-order valence-electron chi connectivity index (χ0n) is 8.20. The summed E-state index contributed by atoms with van der Waals surface area (Å²) in [7, 11) is 1.84. The van der Waals surface area contributed by atoms with E-state index in [0.717, 1.165) is 28.0 Å². The van der Waals surface area contributed by atoms with Crippen molar-refractivity contribution in [1.29, 1.82) is 0 Å². The molecule has 0 saturated carbocycles. The lowest BCUT2D eigenvalue weighted by atomic mass is 10.1. The number of nitrogens with one attached hydrogen (secondary N) is 1. The van der Waals surface area contributed by atoms with Gasteiger partial charge in [0.2, 0.25) is 5.13 Å². The average molecular weight is 240 g/mol. The second-order valence-electron chi connectivity index (χ2n) is 3.07. The lowest BCUT2D eigenvalue weighted by Gasteiger charge is -1.97. The van der Waals surface area contributed by atoms with Gasteiger partial charge in [0.1, 0.15) is 5.82 Å². The van der Waals surface area contributed by atoms with Gasteiger partial charge in [-0.05, 0) is 17.7 Å². The van der Waals surface area contributed by atoms with E-state index in [0.29, 0.717) is 0 Å². The third kappa shape index (κ3) is 2.67. The molecule has 0 atom stereocenters. The zero-order chi connectivity index (χ0) is 10.7. The van der Waals surface area contributed by atoms with Crippen molar-refractivity contribution >= 4 is 28.3 Å². The molecule has 78 valence electrons. The van der Waals surface area contributed by atoms with Crippen LogP contribution in [0.5, 0.6) is 0 Å². The molecule has 0 bridgehead atoms. The largest absolute Gasteiger partial charge is 0.363 e. The second kappa shape index (κ2) is 4.59. The van der Waals surface area contributed by atoms with Gasteiger partial charge in [-0.25, -0.2) is 4.98 Å². The molecule has 5 heteroatoms. The first-order chi connectivity index (χ1) is 7.28. The van der Waals surface area contributed by atoms with E-state index in [9.17, 15) is 0 Å². The Balaban J connectivity index is 2.14. The summed E-state index contributed by atoms with van der Waals surface area (Å²) >= 11 is 7.26. The van der Waals surface area contributed by atoms with Crippen LogP contribution in [0.4, 0.5) is 5.13 Å². The molecule has 0 aliphatic carbocycles. The number of halogens is 1. The van der Waals surface area contributed by atoms with Crippen molar-refractivity contribution in [3.8, 4) is 0 Å². The fourth-order valence-electron chi connectivity index (χ4n) is 1.26. The smallest absolute Gasteiger partial charge is 0.202 e. The van der Waals surface area contributed by atoms with E-state index in [1.54, 1.807) is 0 Å². The van der Waals surface area contributed by atoms with Crippen LogP contribution in [0.2, 0.25) is 5.02 Å². The van der Waals surface area contributed by atoms with E-state index in [1.807, 2.05) is 31.3 Å². The van der Waals surface area contributed by atoms with E-state index in [4.69, 9.17) is 11.6 Å². The topological polar surface area (TPSA) is 37.8 Å². The Hall–Kier alpha value is -1.13. The van der Waals surface area contributed by atoms with Gasteiger partial charge in [0, 0.05) is 30.0 Å². The number of benzene rings is 1. The average Bonchev–Trinajstić information content (AvgIpc) is 2.65. The SMILES string of the molecule is CNc1nc(Cc2cccc(Cl)c2)ns1. The highest BCUT2D eigenvalue weighted by Crippen LogP contribution is 2.16. The highest BCUT2D eigenvalue weighted by molar-refractivity contribution is 7.09. The number of aromatic nitrogens is 2. The Morgan fingerprint density at radius 1 is 1.47 bits per heavy atom. The molecule has 15 heavy (non-hydrogen) atoms. The van der Waals surface area contributed by atoms with Crippen LogP contribution >= 0.6 is 23.1 Å². The van der Waals surface area contributed by atoms with Crippen molar-refractivity contribution in [3.63, 3.8) is 0 Å². The predicted octanol–water partition coefficient (Wildman–Crippen LogP) is 2.82. The fraction of sp³-hybridized carbons (Fsp3) is 0.200. The van der Waals surface area contributed by atoms with Crippen molar-refractivity contribution in [2.24, 2.45) is 0 Å². The van der Waals surface area contributed by atoms with Gasteiger partial charge in [0.15, 0.2) is 0 Å². The first-order valence-electron chi connectivity index (χ1n) is 4.52. The molecule has 0 unspecified atom stereocenters. The Morgan fingerprint density at radius 2 is 2.33 bits per heavy atom. The zero-order valence-corrected chi connectivity index (χ0v) is 9.77. The third-order valence-electron chi connectivity index (χ3n) is 1.93.